The first kappa shape index (κ1) is 12.4. The number of hydrogen-bond acceptors (Lipinski definition) is 3. The highest BCUT2D eigenvalue weighted by Crippen LogP contribution is 2.29. The van der Waals surface area contributed by atoms with Crippen molar-refractivity contribution in [3.05, 3.63) is 29.8 Å². The zero-order valence-corrected chi connectivity index (χ0v) is 10.6. The maximum atomic E-state index is 10.1. The Morgan fingerprint density at radius 3 is 2.65 bits per heavy atom. The summed E-state index contributed by atoms with van der Waals surface area (Å²) >= 11 is 0. The van der Waals surface area contributed by atoms with E-state index < -0.39 is 5.60 Å². The minimum absolute atomic E-state index is 0.213. The predicted octanol–water partition coefficient (Wildman–Crippen LogP) is 2.09. The molecule has 1 saturated carbocycles. The van der Waals surface area contributed by atoms with Crippen LogP contribution in [0.25, 0.3) is 0 Å². The van der Waals surface area contributed by atoms with E-state index in [1.165, 1.54) is 5.56 Å². The molecular weight excluding hydrogens is 214 g/mol. The van der Waals surface area contributed by atoms with Gasteiger partial charge in [-0.2, -0.15) is 0 Å². The lowest BCUT2D eigenvalue weighted by atomic mass is 10.0. The Kier molecular flexibility index (Phi) is 3.69. The number of aliphatic hydroxyl groups is 1. The molecule has 1 aliphatic rings. The Balaban J connectivity index is 1.89. The molecular formula is C14H21NO2. The second-order valence-corrected chi connectivity index (χ2v) is 5.03. The van der Waals surface area contributed by atoms with Crippen molar-refractivity contribution < 1.29 is 9.84 Å². The summed E-state index contributed by atoms with van der Waals surface area (Å²) in [5, 5.41) is 13.6. The number of rotatable bonds is 4. The van der Waals surface area contributed by atoms with Gasteiger partial charge in [-0.25, -0.2) is 0 Å². The summed E-state index contributed by atoms with van der Waals surface area (Å²) in [5.74, 6) is 0.876. The maximum absolute atomic E-state index is 10.1. The molecule has 0 bridgehead atoms. The molecule has 0 spiro atoms. The summed E-state index contributed by atoms with van der Waals surface area (Å²) in [7, 11) is 1.67. The highest BCUT2D eigenvalue weighted by atomic mass is 16.5. The first-order valence-corrected chi connectivity index (χ1v) is 6.20. The average molecular weight is 235 g/mol. The molecule has 1 fully saturated rings. The SMILES string of the molecule is COc1ccc(CN[C@H]2CCC[C@]2(C)O)cc1. The zero-order chi connectivity index (χ0) is 12.3. The molecule has 0 unspecified atom stereocenters. The highest BCUT2D eigenvalue weighted by molar-refractivity contribution is 5.27. The van der Waals surface area contributed by atoms with Crippen molar-refractivity contribution in [2.45, 2.75) is 44.4 Å². The maximum Gasteiger partial charge on any atom is 0.118 e. The molecule has 2 N–H and O–H groups in total. The van der Waals surface area contributed by atoms with E-state index in [0.717, 1.165) is 31.6 Å². The van der Waals surface area contributed by atoms with E-state index in [1.807, 2.05) is 19.1 Å². The summed E-state index contributed by atoms with van der Waals surface area (Å²) < 4.78 is 5.12. The van der Waals surface area contributed by atoms with Gasteiger partial charge in [0.2, 0.25) is 0 Å². The normalized spacial score (nSPS) is 28.3. The fourth-order valence-electron chi connectivity index (χ4n) is 2.46. The number of nitrogens with one attached hydrogen (secondary N) is 1. The highest BCUT2D eigenvalue weighted by Gasteiger charge is 2.36. The number of ether oxygens (including phenoxy) is 1. The summed E-state index contributed by atoms with van der Waals surface area (Å²) in [4.78, 5) is 0. The molecule has 1 aliphatic carbocycles. The van der Waals surface area contributed by atoms with Crippen molar-refractivity contribution in [1.29, 1.82) is 0 Å². The monoisotopic (exact) mass is 235 g/mol. The van der Waals surface area contributed by atoms with Crippen LogP contribution in [0.4, 0.5) is 0 Å². The van der Waals surface area contributed by atoms with Crippen LogP contribution >= 0.6 is 0 Å². The van der Waals surface area contributed by atoms with Crippen LogP contribution in [-0.2, 0) is 6.54 Å². The molecule has 94 valence electrons. The Labute approximate surface area is 103 Å². The predicted molar refractivity (Wildman–Crippen MR) is 68.1 cm³/mol. The number of methoxy groups -OCH3 is 1. The van der Waals surface area contributed by atoms with Gasteiger partial charge in [0.05, 0.1) is 12.7 Å². The summed E-state index contributed by atoms with van der Waals surface area (Å²) in [6, 6.07) is 8.24. The van der Waals surface area contributed by atoms with Crippen LogP contribution in [0.1, 0.15) is 31.7 Å². The second-order valence-electron chi connectivity index (χ2n) is 5.03. The average Bonchev–Trinajstić information content (AvgIpc) is 2.66. The standard InChI is InChI=1S/C14H21NO2/c1-14(16)9-3-4-13(14)15-10-11-5-7-12(17-2)8-6-11/h5-8,13,15-16H,3-4,9-10H2,1-2H3/t13-,14-/m0/s1. The van der Waals surface area contributed by atoms with Crippen molar-refractivity contribution >= 4 is 0 Å². The molecule has 3 nitrogen and oxygen atoms in total. The van der Waals surface area contributed by atoms with Gasteiger partial charge in [0.25, 0.3) is 0 Å². The van der Waals surface area contributed by atoms with Crippen LogP contribution in [0.2, 0.25) is 0 Å². The van der Waals surface area contributed by atoms with Crippen LogP contribution in [0.3, 0.4) is 0 Å². The van der Waals surface area contributed by atoms with Crippen molar-refractivity contribution in [1.82, 2.24) is 5.32 Å². The van der Waals surface area contributed by atoms with Gasteiger partial charge in [-0.05, 0) is 43.9 Å². The molecule has 0 aliphatic heterocycles. The van der Waals surface area contributed by atoms with E-state index in [-0.39, 0.29) is 6.04 Å². The van der Waals surface area contributed by atoms with Gasteiger partial charge in [0.15, 0.2) is 0 Å². The summed E-state index contributed by atoms with van der Waals surface area (Å²) in [6.07, 6.45) is 3.06. The smallest absolute Gasteiger partial charge is 0.118 e. The van der Waals surface area contributed by atoms with Crippen LogP contribution < -0.4 is 10.1 Å². The molecule has 2 atom stereocenters. The molecule has 2 rings (SSSR count). The second kappa shape index (κ2) is 5.07. The molecule has 3 heteroatoms. The molecule has 0 heterocycles. The van der Waals surface area contributed by atoms with Crippen LogP contribution in [0.5, 0.6) is 5.75 Å². The Morgan fingerprint density at radius 2 is 2.12 bits per heavy atom. The summed E-state index contributed by atoms with van der Waals surface area (Å²) in [6.45, 7) is 2.72. The first-order chi connectivity index (χ1) is 8.12. The fourth-order valence-corrected chi connectivity index (χ4v) is 2.46. The van der Waals surface area contributed by atoms with E-state index in [0.29, 0.717) is 0 Å². The molecule has 1 aromatic carbocycles. The molecule has 0 amide bonds. The lowest BCUT2D eigenvalue weighted by Crippen LogP contribution is -2.44. The van der Waals surface area contributed by atoms with Gasteiger partial charge in [-0.15, -0.1) is 0 Å². The number of benzene rings is 1. The van der Waals surface area contributed by atoms with Crippen LogP contribution in [-0.4, -0.2) is 23.9 Å². The van der Waals surface area contributed by atoms with Gasteiger partial charge in [-0.3, -0.25) is 0 Å². The van der Waals surface area contributed by atoms with Crippen LogP contribution in [0, 0.1) is 0 Å². The van der Waals surface area contributed by atoms with Crippen molar-refractivity contribution in [3.63, 3.8) is 0 Å². The van der Waals surface area contributed by atoms with E-state index in [2.05, 4.69) is 17.4 Å². The van der Waals surface area contributed by atoms with E-state index in [4.69, 9.17) is 4.74 Å². The summed E-state index contributed by atoms with van der Waals surface area (Å²) in [5.41, 5.74) is 0.667. The third kappa shape index (κ3) is 2.99. The molecule has 17 heavy (non-hydrogen) atoms. The van der Waals surface area contributed by atoms with Gasteiger partial charge in [0, 0.05) is 12.6 Å². The van der Waals surface area contributed by atoms with Crippen molar-refractivity contribution in [2.75, 3.05) is 7.11 Å². The molecule has 0 radical (unpaired) electrons. The molecule has 0 aromatic heterocycles. The Bertz CT molecular complexity index is 359. The minimum Gasteiger partial charge on any atom is -0.497 e. The Hall–Kier alpha value is -1.06. The zero-order valence-electron chi connectivity index (χ0n) is 10.6. The first-order valence-electron chi connectivity index (χ1n) is 6.20. The van der Waals surface area contributed by atoms with Crippen molar-refractivity contribution in [2.24, 2.45) is 0 Å². The van der Waals surface area contributed by atoms with Gasteiger partial charge >= 0.3 is 0 Å². The fraction of sp³-hybridized carbons (Fsp3) is 0.571. The van der Waals surface area contributed by atoms with Gasteiger partial charge < -0.3 is 15.2 Å². The molecule has 0 saturated heterocycles. The third-order valence-corrected chi connectivity index (χ3v) is 3.64. The van der Waals surface area contributed by atoms with Crippen molar-refractivity contribution in [3.8, 4) is 5.75 Å². The van der Waals surface area contributed by atoms with E-state index in [9.17, 15) is 5.11 Å². The quantitative estimate of drug-likeness (QED) is 0.839. The number of hydrogen-bond donors (Lipinski definition) is 2. The largest absolute Gasteiger partial charge is 0.497 e. The molecule has 1 aromatic rings. The van der Waals surface area contributed by atoms with E-state index >= 15 is 0 Å². The topological polar surface area (TPSA) is 41.5 Å². The van der Waals surface area contributed by atoms with Gasteiger partial charge in [-0.1, -0.05) is 12.1 Å². The Morgan fingerprint density at radius 1 is 1.41 bits per heavy atom. The lowest BCUT2D eigenvalue weighted by Gasteiger charge is -2.26. The minimum atomic E-state index is -0.549. The van der Waals surface area contributed by atoms with Crippen LogP contribution in [0.15, 0.2) is 24.3 Å². The lowest BCUT2D eigenvalue weighted by molar-refractivity contribution is 0.0387. The third-order valence-electron chi connectivity index (χ3n) is 3.64. The van der Waals surface area contributed by atoms with E-state index in [1.54, 1.807) is 7.11 Å². The van der Waals surface area contributed by atoms with Gasteiger partial charge in [0.1, 0.15) is 5.75 Å².